The van der Waals surface area contributed by atoms with Gasteiger partial charge in [0.25, 0.3) is 0 Å². The highest BCUT2D eigenvalue weighted by Gasteiger charge is 2.32. The lowest BCUT2D eigenvalue weighted by atomic mass is 10.0. The first-order valence-corrected chi connectivity index (χ1v) is 13.9. The number of carbonyl (C=O) groups excluding carboxylic acids is 3. The number of imide groups is 1. The molecule has 2 unspecified atom stereocenters. The quantitative estimate of drug-likeness (QED) is 0.230. The van der Waals surface area contributed by atoms with E-state index in [1.54, 1.807) is 0 Å². The molecule has 0 aromatic heterocycles. The van der Waals surface area contributed by atoms with Crippen molar-refractivity contribution in [2.45, 2.75) is 64.6 Å². The first kappa shape index (κ1) is 31.3. The number of hydrogen-bond acceptors (Lipinski definition) is 6. The second-order valence-electron chi connectivity index (χ2n) is 10.3. The summed E-state index contributed by atoms with van der Waals surface area (Å²) in [4.78, 5) is 40.7. The molecule has 40 heavy (non-hydrogen) atoms. The molecular formula is C30H40F2N4O4. The van der Waals surface area contributed by atoms with Crippen LogP contribution in [0.4, 0.5) is 8.78 Å². The highest BCUT2D eigenvalue weighted by atomic mass is 19.1. The molecule has 10 heteroatoms. The van der Waals surface area contributed by atoms with Crippen LogP contribution >= 0.6 is 0 Å². The highest BCUT2D eigenvalue weighted by Crippen LogP contribution is 2.13. The van der Waals surface area contributed by atoms with Gasteiger partial charge >= 0.3 is 0 Å². The maximum Gasteiger partial charge on any atom is 0.243 e. The Bertz CT molecular complexity index is 1120. The van der Waals surface area contributed by atoms with E-state index in [9.17, 15) is 28.3 Å². The fourth-order valence-corrected chi connectivity index (χ4v) is 4.82. The van der Waals surface area contributed by atoms with Gasteiger partial charge in [0.05, 0.1) is 31.8 Å². The molecule has 0 saturated carbocycles. The van der Waals surface area contributed by atoms with Crippen molar-refractivity contribution in [1.82, 2.24) is 20.4 Å². The number of aliphatic hydroxyl groups excluding tert-OH is 1. The summed E-state index contributed by atoms with van der Waals surface area (Å²) in [7, 11) is 0. The van der Waals surface area contributed by atoms with E-state index in [0.717, 1.165) is 49.4 Å². The summed E-state index contributed by atoms with van der Waals surface area (Å²) in [5.41, 5.74) is 2.52. The molecule has 0 bridgehead atoms. The maximum absolute atomic E-state index is 13.8. The van der Waals surface area contributed by atoms with E-state index >= 15 is 0 Å². The minimum atomic E-state index is -1.08. The van der Waals surface area contributed by atoms with Crippen LogP contribution in [0.3, 0.4) is 0 Å². The second kappa shape index (κ2) is 15.5. The number of rotatable bonds is 15. The Kier molecular flexibility index (Phi) is 12.2. The lowest BCUT2D eigenvalue weighted by molar-refractivity contribution is -0.151. The molecule has 2 aromatic rings. The third-order valence-electron chi connectivity index (χ3n) is 6.94. The van der Waals surface area contributed by atoms with Gasteiger partial charge < -0.3 is 15.7 Å². The molecule has 1 saturated heterocycles. The smallest absolute Gasteiger partial charge is 0.243 e. The Hall–Kier alpha value is -3.21. The van der Waals surface area contributed by atoms with Crippen molar-refractivity contribution in [3.05, 3.63) is 70.8 Å². The van der Waals surface area contributed by atoms with Crippen LogP contribution in [0.2, 0.25) is 0 Å². The van der Waals surface area contributed by atoms with E-state index in [1.807, 2.05) is 25.1 Å². The Morgan fingerprint density at radius 1 is 0.975 bits per heavy atom. The standard InChI is InChI=1S/C30H40F2N4O4/c1-3-5-6-10-36-29(39)19-35(20-30(36)40)18-28(38)34-26(14-23-12-24(31)15-25(32)13-23)27(37)17-33-16-22-9-7-8-21(4-2)11-22/h7-9,11-13,15,26-27,33,37H,3-6,10,14,16-20H2,1-2H3,(H,34,38). The van der Waals surface area contributed by atoms with Crippen LogP contribution in [0, 0.1) is 11.6 Å². The normalized spacial score (nSPS) is 15.8. The zero-order valence-corrected chi connectivity index (χ0v) is 23.3. The summed E-state index contributed by atoms with van der Waals surface area (Å²) in [5.74, 6) is -2.70. The summed E-state index contributed by atoms with van der Waals surface area (Å²) in [6.45, 7) is 4.74. The van der Waals surface area contributed by atoms with E-state index in [0.29, 0.717) is 13.1 Å². The fourth-order valence-electron chi connectivity index (χ4n) is 4.82. The first-order chi connectivity index (χ1) is 19.2. The van der Waals surface area contributed by atoms with Crippen molar-refractivity contribution in [2.75, 3.05) is 32.7 Å². The summed E-state index contributed by atoms with van der Waals surface area (Å²) in [6, 6.07) is 10.3. The number of halogens is 2. The molecule has 0 spiro atoms. The molecule has 0 aliphatic carbocycles. The predicted octanol–water partition coefficient (Wildman–Crippen LogP) is 2.57. The van der Waals surface area contributed by atoms with Crippen molar-refractivity contribution >= 4 is 17.7 Å². The average Bonchev–Trinajstić information content (AvgIpc) is 2.89. The highest BCUT2D eigenvalue weighted by molar-refractivity contribution is 6.00. The van der Waals surface area contributed by atoms with Crippen LogP contribution in [0.25, 0.3) is 0 Å². The Morgan fingerprint density at radius 3 is 2.30 bits per heavy atom. The van der Waals surface area contributed by atoms with E-state index in [1.165, 1.54) is 15.4 Å². The molecule has 0 radical (unpaired) electrons. The van der Waals surface area contributed by atoms with Gasteiger partial charge in [0, 0.05) is 25.7 Å². The molecule has 2 aromatic carbocycles. The number of aliphatic hydroxyl groups is 1. The first-order valence-electron chi connectivity index (χ1n) is 13.9. The summed E-state index contributed by atoms with van der Waals surface area (Å²) in [6.07, 6.45) is 2.44. The molecule has 3 amide bonds. The third kappa shape index (κ3) is 9.76. The molecule has 218 valence electrons. The van der Waals surface area contributed by atoms with Crippen LogP contribution in [0.5, 0.6) is 0 Å². The number of nitrogens with zero attached hydrogens (tertiary/aromatic N) is 2. The molecule has 1 aliphatic rings. The zero-order chi connectivity index (χ0) is 29.1. The van der Waals surface area contributed by atoms with Crippen molar-refractivity contribution in [3.8, 4) is 0 Å². The van der Waals surface area contributed by atoms with E-state index in [-0.39, 0.29) is 50.0 Å². The van der Waals surface area contributed by atoms with Crippen molar-refractivity contribution < 1.29 is 28.3 Å². The minimum absolute atomic E-state index is 0.0162. The van der Waals surface area contributed by atoms with Gasteiger partial charge in [-0.3, -0.25) is 24.2 Å². The number of nitrogens with one attached hydrogen (secondary N) is 2. The zero-order valence-electron chi connectivity index (χ0n) is 23.3. The molecule has 1 aliphatic heterocycles. The summed E-state index contributed by atoms with van der Waals surface area (Å²) in [5, 5.41) is 16.9. The van der Waals surface area contributed by atoms with Crippen molar-refractivity contribution in [3.63, 3.8) is 0 Å². The van der Waals surface area contributed by atoms with Crippen LogP contribution < -0.4 is 10.6 Å². The van der Waals surface area contributed by atoms with Crippen LogP contribution in [-0.4, -0.2) is 77.5 Å². The minimum Gasteiger partial charge on any atom is -0.390 e. The molecular weight excluding hydrogens is 518 g/mol. The molecule has 3 rings (SSSR count). The summed E-state index contributed by atoms with van der Waals surface area (Å²) >= 11 is 0. The number of hydrogen-bond donors (Lipinski definition) is 3. The topological polar surface area (TPSA) is 102 Å². The van der Waals surface area contributed by atoms with Crippen molar-refractivity contribution in [1.29, 1.82) is 0 Å². The van der Waals surface area contributed by atoms with E-state index < -0.39 is 29.7 Å². The molecule has 3 N–H and O–H groups in total. The number of piperazine rings is 1. The van der Waals surface area contributed by atoms with Crippen LogP contribution in [-0.2, 0) is 33.8 Å². The van der Waals surface area contributed by atoms with Gasteiger partial charge in [-0.25, -0.2) is 8.78 Å². The number of amides is 3. The molecule has 1 fully saturated rings. The van der Waals surface area contributed by atoms with Gasteiger partial charge in [-0.05, 0) is 48.1 Å². The average molecular weight is 559 g/mol. The molecule has 8 nitrogen and oxygen atoms in total. The van der Waals surface area contributed by atoms with E-state index in [2.05, 4.69) is 23.6 Å². The number of unbranched alkanes of at least 4 members (excludes halogenated alkanes) is 2. The maximum atomic E-state index is 13.8. The monoisotopic (exact) mass is 558 g/mol. The number of benzene rings is 2. The van der Waals surface area contributed by atoms with Gasteiger partial charge in [-0.15, -0.1) is 0 Å². The Morgan fingerprint density at radius 2 is 1.65 bits per heavy atom. The van der Waals surface area contributed by atoms with E-state index in [4.69, 9.17) is 0 Å². The van der Waals surface area contributed by atoms with Gasteiger partial charge in [0.1, 0.15) is 11.6 Å². The largest absolute Gasteiger partial charge is 0.390 e. The third-order valence-corrected chi connectivity index (χ3v) is 6.94. The lowest BCUT2D eigenvalue weighted by Crippen LogP contribution is -2.57. The van der Waals surface area contributed by atoms with Crippen LogP contribution in [0.1, 0.15) is 49.8 Å². The van der Waals surface area contributed by atoms with Gasteiger partial charge in [0.2, 0.25) is 17.7 Å². The summed E-state index contributed by atoms with van der Waals surface area (Å²) < 4.78 is 27.7. The molecule has 1 heterocycles. The lowest BCUT2D eigenvalue weighted by Gasteiger charge is -2.33. The van der Waals surface area contributed by atoms with Gasteiger partial charge in [-0.2, -0.15) is 0 Å². The van der Waals surface area contributed by atoms with Crippen LogP contribution in [0.15, 0.2) is 42.5 Å². The van der Waals surface area contributed by atoms with Gasteiger partial charge in [0.15, 0.2) is 0 Å². The SMILES string of the molecule is CCCCCN1C(=O)CN(CC(=O)NC(Cc2cc(F)cc(F)c2)C(O)CNCc2cccc(CC)c2)CC1=O. The number of carbonyl (C=O) groups is 3. The van der Waals surface area contributed by atoms with Crippen molar-refractivity contribution in [2.24, 2.45) is 0 Å². The number of aryl methyl sites for hydroxylation is 1. The van der Waals surface area contributed by atoms with Gasteiger partial charge in [-0.1, -0.05) is 51.0 Å². The second-order valence-corrected chi connectivity index (χ2v) is 10.3. The molecule has 2 atom stereocenters. The predicted molar refractivity (Wildman–Crippen MR) is 148 cm³/mol. The Labute approximate surface area is 234 Å². The Balaban J connectivity index is 1.61. The fraction of sp³-hybridized carbons (Fsp3) is 0.500.